The van der Waals surface area contributed by atoms with Crippen LogP contribution >= 0.6 is 0 Å². The highest BCUT2D eigenvalue weighted by Crippen LogP contribution is 2.42. The molecule has 0 atom stereocenters. The molecule has 150 valence electrons. The van der Waals surface area contributed by atoms with Crippen molar-refractivity contribution in [3.63, 3.8) is 0 Å². The number of likely N-dealkylation sites (N-methyl/N-ethyl adjacent to an activating group) is 1. The number of nitrogens with one attached hydrogen (secondary N) is 1. The van der Waals surface area contributed by atoms with Gasteiger partial charge in [0, 0.05) is 31.7 Å². The maximum Gasteiger partial charge on any atom is 0.226 e. The van der Waals surface area contributed by atoms with E-state index in [1.165, 1.54) is 11.4 Å². The van der Waals surface area contributed by atoms with Crippen molar-refractivity contribution in [3.8, 4) is 5.75 Å². The molecule has 4 rings (SSSR count). The molecule has 6 nitrogen and oxygen atoms in total. The molecule has 2 aliphatic heterocycles. The SMILES string of the molecule is CCOc1ccc(CC(=O)N2CCC3(CC2)c2nc[nH]c2CCN3CC)cc1. The van der Waals surface area contributed by atoms with E-state index in [1.807, 2.05) is 42.4 Å². The van der Waals surface area contributed by atoms with E-state index < -0.39 is 0 Å². The molecular weight excluding hydrogens is 352 g/mol. The smallest absolute Gasteiger partial charge is 0.226 e. The number of H-pyrrole nitrogens is 1. The van der Waals surface area contributed by atoms with Crippen molar-refractivity contribution >= 4 is 5.91 Å². The van der Waals surface area contributed by atoms with Gasteiger partial charge < -0.3 is 14.6 Å². The molecule has 0 radical (unpaired) electrons. The monoisotopic (exact) mass is 382 g/mol. The van der Waals surface area contributed by atoms with Crippen molar-refractivity contribution in [2.24, 2.45) is 0 Å². The number of rotatable bonds is 5. The fourth-order valence-corrected chi connectivity index (χ4v) is 4.82. The zero-order valence-corrected chi connectivity index (χ0v) is 16.9. The Morgan fingerprint density at radius 1 is 1.18 bits per heavy atom. The fourth-order valence-electron chi connectivity index (χ4n) is 4.82. The summed E-state index contributed by atoms with van der Waals surface area (Å²) in [7, 11) is 0. The average Bonchev–Trinajstić information content (AvgIpc) is 3.21. The van der Waals surface area contributed by atoms with Crippen molar-refractivity contribution in [3.05, 3.63) is 47.5 Å². The van der Waals surface area contributed by atoms with E-state index >= 15 is 0 Å². The normalized spacial score (nSPS) is 18.9. The molecule has 0 bridgehead atoms. The highest BCUT2D eigenvalue weighted by molar-refractivity contribution is 5.79. The van der Waals surface area contributed by atoms with Crippen LogP contribution in [0.3, 0.4) is 0 Å². The van der Waals surface area contributed by atoms with Crippen molar-refractivity contribution < 1.29 is 9.53 Å². The van der Waals surface area contributed by atoms with E-state index in [-0.39, 0.29) is 11.4 Å². The molecule has 2 aromatic rings. The van der Waals surface area contributed by atoms with E-state index in [1.54, 1.807) is 0 Å². The summed E-state index contributed by atoms with van der Waals surface area (Å²) in [5.41, 5.74) is 3.51. The minimum Gasteiger partial charge on any atom is -0.494 e. The summed E-state index contributed by atoms with van der Waals surface area (Å²) < 4.78 is 5.48. The molecule has 0 aliphatic carbocycles. The minimum atomic E-state index is -0.0156. The molecule has 1 aromatic heterocycles. The van der Waals surface area contributed by atoms with Crippen LogP contribution < -0.4 is 4.74 Å². The van der Waals surface area contributed by atoms with Gasteiger partial charge in [0.1, 0.15) is 5.75 Å². The van der Waals surface area contributed by atoms with Crippen LogP contribution in [0.15, 0.2) is 30.6 Å². The van der Waals surface area contributed by atoms with Gasteiger partial charge in [-0.25, -0.2) is 4.98 Å². The number of fused-ring (bicyclic) bond motifs is 2. The molecular formula is C22H30N4O2. The van der Waals surface area contributed by atoms with Gasteiger partial charge in [0.25, 0.3) is 0 Å². The Labute approximate surface area is 166 Å². The number of imidazole rings is 1. The first-order valence-corrected chi connectivity index (χ1v) is 10.4. The lowest BCUT2D eigenvalue weighted by molar-refractivity contribution is -0.133. The number of hydrogen-bond acceptors (Lipinski definition) is 4. The number of piperidine rings is 1. The first-order chi connectivity index (χ1) is 13.7. The highest BCUT2D eigenvalue weighted by atomic mass is 16.5. The Hall–Kier alpha value is -2.34. The second kappa shape index (κ2) is 7.95. The lowest BCUT2D eigenvalue weighted by Gasteiger charge is -2.50. The molecule has 1 N–H and O–H groups in total. The van der Waals surface area contributed by atoms with Gasteiger partial charge in [-0.2, -0.15) is 0 Å². The van der Waals surface area contributed by atoms with Crippen LogP contribution in [0, 0.1) is 0 Å². The number of aromatic nitrogens is 2. The molecule has 6 heteroatoms. The lowest BCUT2D eigenvalue weighted by atomic mass is 9.78. The predicted molar refractivity (Wildman–Crippen MR) is 108 cm³/mol. The van der Waals surface area contributed by atoms with Gasteiger partial charge in [0.2, 0.25) is 5.91 Å². The summed E-state index contributed by atoms with van der Waals surface area (Å²) in [6.07, 6.45) is 5.21. The van der Waals surface area contributed by atoms with Crippen molar-refractivity contribution in [1.82, 2.24) is 19.8 Å². The van der Waals surface area contributed by atoms with E-state index in [2.05, 4.69) is 21.8 Å². The Morgan fingerprint density at radius 2 is 1.93 bits per heavy atom. The molecule has 2 aliphatic rings. The number of hydrogen-bond donors (Lipinski definition) is 1. The minimum absolute atomic E-state index is 0.0156. The zero-order chi connectivity index (χ0) is 19.6. The summed E-state index contributed by atoms with van der Waals surface area (Å²) in [4.78, 5) is 25.4. The second-order valence-corrected chi connectivity index (χ2v) is 7.73. The van der Waals surface area contributed by atoms with Crippen LogP contribution in [-0.2, 0) is 23.2 Å². The molecule has 1 fully saturated rings. The Bertz CT molecular complexity index is 806. The number of carbonyl (C=O) groups is 1. The maximum absolute atomic E-state index is 12.9. The highest BCUT2D eigenvalue weighted by Gasteiger charge is 2.46. The van der Waals surface area contributed by atoms with E-state index in [0.717, 1.165) is 56.8 Å². The van der Waals surface area contributed by atoms with Gasteiger partial charge in [-0.05, 0) is 44.0 Å². The van der Waals surface area contributed by atoms with Crippen LogP contribution in [0.2, 0.25) is 0 Å². The standard InChI is InChI=1S/C22H30N4O2/c1-3-26-12-9-19-21(24-16-23-19)22(26)10-13-25(14-11-22)20(27)15-17-5-7-18(8-6-17)28-4-2/h5-8,16H,3-4,9-15H2,1-2H3,(H,23,24). The van der Waals surface area contributed by atoms with E-state index in [9.17, 15) is 4.79 Å². The third-order valence-electron chi connectivity index (χ3n) is 6.31. The Kier molecular flexibility index (Phi) is 5.40. The molecule has 28 heavy (non-hydrogen) atoms. The first-order valence-electron chi connectivity index (χ1n) is 10.4. The summed E-state index contributed by atoms with van der Waals surface area (Å²) in [6.45, 7) is 8.51. The number of benzene rings is 1. The molecule has 0 saturated carbocycles. The molecule has 1 spiro atoms. The van der Waals surface area contributed by atoms with Gasteiger partial charge in [0.15, 0.2) is 0 Å². The third kappa shape index (κ3) is 3.41. The van der Waals surface area contributed by atoms with Crippen LogP contribution in [0.1, 0.15) is 43.6 Å². The fraction of sp³-hybridized carbons (Fsp3) is 0.545. The summed E-state index contributed by atoms with van der Waals surface area (Å²) in [5, 5.41) is 0. The summed E-state index contributed by atoms with van der Waals surface area (Å²) >= 11 is 0. The second-order valence-electron chi connectivity index (χ2n) is 7.73. The number of nitrogens with zero attached hydrogens (tertiary/aromatic N) is 3. The molecule has 3 heterocycles. The van der Waals surface area contributed by atoms with Gasteiger partial charge in [0.05, 0.1) is 30.6 Å². The zero-order valence-electron chi connectivity index (χ0n) is 16.9. The topological polar surface area (TPSA) is 61.5 Å². The molecule has 0 unspecified atom stereocenters. The third-order valence-corrected chi connectivity index (χ3v) is 6.31. The van der Waals surface area contributed by atoms with Crippen LogP contribution in [0.4, 0.5) is 0 Å². The van der Waals surface area contributed by atoms with Gasteiger partial charge in [-0.1, -0.05) is 19.1 Å². The first kappa shape index (κ1) is 19.0. The van der Waals surface area contributed by atoms with Crippen molar-refractivity contribution in [2.45, 2.75) is 45.1 Å². The summed E-state index contributed by atoms with van der Waals surface area (Å²) in [6, 6.07) is 7.86. The van der Waals surface area contributed by atoms with Gasteiger partial charge in [-0.3, -0.25) is 9.69 Å². The molecule has 1 aromatic carbocycles. The largest absolute Gasteiger partial charge is 0.494 e. The van der Waals surface area contributed by atoms with Crippen LogP contribution in [0.5, 0.6) is 5.75 Å². The molecule has 1 amide bonds. The Morgan fingerprint density at radius 3 is 2.61 bits per heavy atom. The quantitative estimate of drug-likeness (QED) is 0.864. The number of ether oxygens (including phenoxy) is 1. The van der Waals surface area contributed by atoms with Crippen LogP contribution in [-0.4, -0.2) is 58.5 Å². The van der Waals surface area contributed by atoms with Crippen LogP contribution in [0.25, 0.3) is 0 Å². The summed E-state index contributed by atoms with van der Waals surface area (Å²) in [5.74, 6) is 1.06. The predicted octanol–water partition coefficient (Wildman–Crippen LogP) is 2.75. The average molecular weight is 383 g/mol. The van der Waals surface area contributed by atoms with E-state index in [0.29, 0.717) is 13.0 Å². The van der Waals surface area contributed by atoms with Gasteiger partial charge in [-0.15, -0.1) is 0 Å². The number of likely N-dealkylation sites (tertiary alicyclic amines) is 1. The number of carbonyl (C=O) groups excluding carboxylic acids is 1. The van der Waals surface area contributed by atoms with Crippen molar-refractivity contribution in [2.75, 3.05) is 32.8 Å². The Balaban J connectivity index is 1.41. The van der Waals surface area contributed by atoms with Gasteiger partial charge >= 0.3 is 0 Å². The maximum atomic E-state index is 12.9. The van der Waals surface area contributed by atoms with E-state index in [4.69, 9.17) is 4.74 Å². The number of amides is 1. The van der Waals surface area contributed by atoms with Crippen molar-refractivity contribution in [1.29, 1.82) is 0 Å². The molecule has 1 saturated heterocycles. The lowest BCUT2D eigenvalue weighted by Crippen LogP contribution is -2.57. The number of aromatic amines is 1.